The smallest absolute Gasteiger partial charge is 0.293 e. The van der Waals surface area contributed by atoms with E-state index in [2.05, 4.69) is 0 Å². The number of nitro benzene ring substituents is 1. The van der Waals surface area contributed by atoms with Gasteiger partial charge in [-0.05, 0) is 53.3 Å². The number of nitro groups is 1. The highest BCUT2D eigenvalue weighted by Crippen LogP contribution is 2.63. The van der Waals surface area contributed by atoms with Gasteiger partial charge in [0.15, 0.2) is 0 Å². The highest BCUT2D eigenvalue weighted by molar-refractivity contribution is 6.25. The van der Waals surface area contributed by atoms with Crippen molar-refractivity contribution in [1.29, 1.82) is 0 Å². The van der Waals surface area contributed by atoms with Gasteiger partial charge in [-0.25, -0.2) is 4.90 Å². The van der Waals surface area contributed by atoms with Gasteiger partial charge in [0.25, 0.3) is 5.69 Å². The van der Waals surface area contributed by atoms with Gasteiger partial charge in [-0.1, -0.05) is 48.5 Å². The molecule has 2 bridgehead atoms. The molecule has 0 aromatic heterocycles. The number of aldehydes is 1. The zero-order valence-corrected chi connectivity index (χ0v) is 18.5. The molecule has 1 aliphatic heterocycles. The molecule has 2 atom stereocenters. The number of hydrogen-bond donors (Lipinski definition) is 0. The van der Waals surface area contributed by atoms with Crippen molar-refractivity contribution in [2.45, 2.75) is 25.2 Å². The summed E-state index contributed by atoms with van der Waals surface area (Å²) in [7, 11) is 0. The highest BCUT2D eigenvalue weighted by atomic mass is 16.6. The Balaban J connectivity index is 1.64. The predicted octanol–water partition coefficient (Wildman–Crippen LogP) is 3.96. The number of amides is 2. The van der Waals surface area contributed by atoms with Gasteiger partial charge in [-0.15, -0.1) is 0 Å². The van der Waals surface area contributed by atoms with E-state index in [1.807, 2.05) is 48.5 Å². The minimum atomic E-state index is -1.33. The molecule has 0 saturated carbocycles. The lowest BCUT2D eigenvalue weighted by molar-refractivity contribution is -0.384. The summed E-state index contributed by atoms with van der Waals surface area (Å²) in [4.78, 5) is 53.2. The molecule has 2 amide bonds. The molecular weight excluding hydrogens is 432 g/mol. The van der Waals surface area contributed by atoms with E-state index in [1.54, 1.807) is 13.8 Å². The maximum absolute atomic E-state index is 14.0. The number of benzene rings is 3. The number of imide groups is 1. The van der Waals surface area contributed by atoms with Crippen molar-refractivity contribution < 1.29 is 19.3 Å². The minimum Gasteiger partial charge on any atom is -0.302 e. The van der Waals surface area contributed by atoms with Gasteiger partial charge in [0.1, 0.15) is 12.0 Å². The van der Waals surface area contributed by atoms with Crippen LogP contribution in [0.5, 0.6) is 0 Å². The van der Waals surface area contributed by atoms with Gasteiger partial charge < -0.3 is 4.79 Å². The molecular formula is C27H20N2O5. The largest absolute Gasteiger partial charge is 0.302 e. The number of nitrogens with zero attached hydrogens (tertiary/aromatic N) is 2. The quantitative estimate of drug-likeness (QED) is 0.259. The van der Waals surface area contributed by atoms with Gasteiger partial charge in [0.2, 0.25) is 11.8 Å². The lowest BCUT2D eigenvalue weighted by Gasteiger charge is -2.51. The standard InChI is InChI=1S/C27H20N2O5/c1-14-11-20(21(29(33)34)12-15(14)2)28-25(31)23-22-16-7-3-5-9-18(16)27(13-30,24(23)26(28)32)19-10-6-4-8-17(19)22/h3-13,22-24H,1-2H3/t22?,23-,24-,27?/m0/s1. The summed E-state index contributed by atoms with van der Waals surface area (Å²) in [5.74, 6) is -3.26. The first-order valence-corrected chi connectivity index (χ1v) is 11.1. The molecule has 1 fully saturated rings. The van der Waals surface area contributed by atoms with Crippen molar-refractivity contribution in [3.63, 3.8) is 0 Å². The van der Waals surface area contributed by atoms with Crippen LogP contribution in [0.15, 0.2) is 60.7 Å². The topological polar surface area (TPSA) is 97.6 Å². The van der Waals surface area contributed by atoms with Crippen LogP contribution in [0.4, 0.5) is 11.4 Å². The molecule has 1 saturated heterocycles. The molecule has 7 rings (SSSR count). The molecule has 34 heavy (non-hydrogen) atoms. The van der Waals surface area contributed by atoms with E-state index in [0.29, 0.717) is 5.56 Å². The summed E-state index contributed by atoms with van der Waals surface area (Å²) in [6.07, 6.45) is 0.793. The SMILES string of the molecule is Cc1cc(N2C(=O)[C@@H]3[C@@H](C2=O)C2c4ccccc4C3(C=O)c3ccccc32)c([N+](=O)[O-])cc1C. The van der Waals surface area contributed by atoms with Crippen LogP contribution in [0.1, 0.15) is 39.3 Å². The molecule has 3 aliphatic carbocycles. The second kappa shape index (κ2) is 6.70. The maximum atomic E-state index is 14.0. The van der Waals surface area contributed by atoms with Crippen LogP contribution in [0.2, 0.25) is 0 Å². The fourth-order valence-electron chi connectivity index (χ4n) is 6.38. The van der Waals surface area contributed by atoms with Crippen LogP contribution >= 0.6 is 0 Å². The normalized spacial score (nSPS) is 26.2. The van der Waals surface area contributed by atoms with Crippen molar-refractivity contribution in [3.05, 3.63) is 104 Å². The van der Waals surface area contributed by atoms with E-state index in [4.69, 9.17) is 0 Å². The van der Waals surface area contributed by atoms with E-state index in [1.165, 1.54) is 12.1 Å². The van der Waals surface area contributed by atoms with Crippen molar-refractivity contribution in [1.82, 2.24) is 0 Å². The molecule has 168 valence electrons. The number of aryl methyl sites for hydroxylation is 2. The number of carbonyl (C=O) groups is 3. The van der Waals surface area contributed by atoms with E-state index in [0.717, 1.165) is 39.0 Å². The van der Waals surface area contributed by atoms with Crippen LogP contribution in [0, 0.1) is 35.8 Å². The lowest BCUT2D eigenvalue weighted by atomic mass is 9.48. The molecule has 4 aliphatic rings. The average molecular weight is 452 g/mol. The minimum absolute atomic E-state index is 0.0361. The molecule has 0 radical (unpaired) electrons. The third kappa shape index (κ3) is 2.24. The molecule has 3 aromatic rings. The van der Waals surface area contributed by atoms with E-state index in [9.17, 15) is 24.5 Å². The van der Waals surface area contributed by atoms with E-state index in [-0.39, 0.29) is 11.4 Å². The fourth-order valence-corrected chi connectivity index (χ4v) is 6.38. The number of hydrogen-bond acceptors (Lipinski definition) is 5. The summed E-state index contributed by atoms with van der Waals surface area (Å²) in [6.45, 7) is 3.53. The fraction of sp³-hybridized carbons (Fsp3) is 0.222. The molecule has 1 heterocycles. The maximum Gasteiger partial charge on any atom is 0.293 e. The van der Waals surface area contributed by atoms with Gasteiger partial charge in [-0.3, -0.25) is 19.7 Å². The van der Waals surface area contributed by atoms with Gasteiger partial charge in [-0.2, -0.15) is 0 Å². The Bertz CT molecular complexity index is 1410. The lowest BCUT2D eigenvalue weighted by Crippen LogP contribution is -2.54. The highest BCUT2D eigenvalue weighted by Gasteiger charge is 2.68. The molecule has 0 N–H and O–H groups in total. The van der Waals surface area contributed by atoms with Crippen LogP contribution in [0.3, 0.4) is 0 Å². The monoisotopic (exact) mass is 452 g/mol. The third-order valence-electron chi connectivity index (χ3n) is 7.90. The van der Waals surface area contributed by atoms with Crippen LogP contribution < -0.4 is 4.90 Å². The Morgan fingerprint density at radius 2 is 1.47 bits per heavy atom. The first kappa shape index (κ1) is 20.5. The van der Waals surface area contributed by atoms with E-state index >= 15 is 0 Å². The Hall–Kier alpha value is -4.13. The van der Waals surface area contributed by atoms with Gasteiger partial charge >= 0.3 is 0 Å². The second-order valence-electron chi connectivity index (χ2n) is 9.34. The second-order valence-corrected chi connectivity index (χ2v) is 9.34. The Morgan fingerprint density at radius 3 is 2.03 bits per heavy atom. The number of rotatable bonds is 3. The van der Waals surface area contributed by atoms with Crippen molar-refractivity contribution >= 4 is 29.5 Å². The Kier molecular flexibility index (Phi) is 4.03. The number of carbonyl (C=O) groups excluding carboxylic acids is 3. The molecule has 3 aromatic carbocycles. The summed E-state index contributed by atoms with van der Waals surface area (Å²) < 4.78 is 0. The Morgan fingerprint density at radius 1 is 0.912 bits per heavy atom. The molecule has 7 heteroatoms. The van der Waals surface area contributed by atoms with Crippen LogP contribution in [0.25, 0.3) is 0 Å². The predicted molar refractivity (Wildman–Crippen MR) is 124 cm³/mol. The summed E-state index contributed by atoms with van der Waals surface area (Å²) in [6, 6.07) is 17.8. The first-order valence-electron chi connectivity index (χ1n) is 11.1. The summed E-state index contributed by atoms with van der Waals surface area (Å²) in [5.41, 5.74) is 2.92. The molecule has 0 unspecified atom stereocenters. The van der Waals surface area contributed by atoms with Crippen molar-refractivity contribution in [3.8, 4) is 0 Å². The van der Waals surface area contributed by atoms with Crippen molar-refractivity contribution in [2.24, 2.45) is 11.8 Å². The van der Waals surface area contributed by atoms with Crippen molar-refractivity contribution in [2.75, 3.05) is 4.90 Å². The summed E-state index contributed by atoms with van der Waals surface area (Å²) in [5, 5.41) is 11.9. The third-order valence-corrected chi connectivity index (χ3v) is 7.90. The van der Waals surface area contributed by atoms with Gasteiger partial charge in [0, 0.05) is 12.0 Å². The zero-order valence-electron chi connectivity index (χ0n) is 18.5. The van der Waals surface area contributed by atoms with Crippen LogP contribution in [-0.4, -0.2) is 23.0 Å². The first-order chi connectivity index (χ1) is 16.3. The average Bonchev–Trinajstić information content (AvgIpc) is 3.11. The van der Waals surface area contributed by atoms with Crippen LogP contribution in [-0.2, 0) is 19.8 Å². The van der Waals surface area contributed by atoms with Gasteiger partial charge in [0.05, 0.1) is 22.2 Å². The van der Waals surface area contributed by atoms with E-state index < -0.39 is 39.9 Å². The molecule has 0 spiro atoms. The summed E-state index contributed by atoms with van der Waals surface area (Å²) >= 11 is 0. The molecule has 7 nitrogen and oxygen atoms in total. The Labute approximate surface area is 195 Å². The zero-order chi connectivity index (χ0) is 23.9. The number of anilines is 1.